The van der Waals surface area contributed by atoms with Gasteiger partial charge in [0.05, 0.1) is 11.5 Å². The summed E-state index contributed by atoms with van der Waals surface area (Å²) in [5, 5.41) is 10.9. The van der Waals surface area contributed by atoms with Gasteiger partial charge in [-0.15, -0.1) is 0 Å². The number of nitrogens with one attached hydrogen (secondary N) is 1. The van der Waals surface area contributed by atoms with Crippen molar-refractivity contribution in [3.05, 3.63) is 16.2 Å². The second-order valence-electron chi connectivity index (χ2n) is 4.52. The molecule has 0 atom stereocenters. The molecule has 0 saturated heterocycles. The van der Waals surface area contributed by atoms with Crippen LogP contribution in [0.15, 0.2) is 10.3 Å². The van der Waals surface area contributed by atoms with Gasteiger partial charge in [0, 0.05) is 25.8 Å². The lowest BCUT2D eigenvalue weighted by molar-refractivity contribution is -0.383. The number of nitrogen functional groups attached to an aromatic ring is 1. The molecule has 3 N–H and O–H groups in total. The number of nitrogens with zero attached hydrogens (tertiary/aromatic N) is 2. The van der Waals surface area contributed by atoms with Crippen molar-refractivity contribution in [1.29, 1.82) is 0 Å². The average Bonchev–Trinajstić information content (AvgIpc) is 3.15. The number of anilines is 1. The number of nitro groups is 1. The highest BCUT2D eigenvalue weighted by molar-refractivity contribution is 7.91. The van der Waals surface area contributed by atoms with Crippen LogP contribution in [-0.4, -0.2) is 43.9 Å². The first-order valence-corrected chi connectivity index (χ1v) is 8.43. The van der Waals surface area contributed by atoms with Crippen LogP contribution in [0.3, 0.4) is 0 Å². The lowest BCUT2D eigenvalue weighted by Crippen LogP contribution is -2.35. The number of nitrogens with two attached hydrogens (primary N) is 1. The topological polar surface area (TPSA) is 128 Å². The van der Waals surface area contributed by atoms with Crippen LogP contribution in [0.4, 0.5) is 10.7 Å². The van der Waals surface area contributed by atoms with Crippen LogP contribution in [-0.2, 0) is 14.8 Å². The van der Waals surface area contributed by atoms with Crippen molar-refractivity contribution in [1.82, 2.24) is 4.31 Å². The number of ether oxygens (including phenoxy) is 1. The van der Waals surface area contributed by atoms with E-state index in [2.05, 4.69) is 5.43 Å². The van der Waals surface area contributed by atoms with Crippen molar-refractivity contribution < 1.29 is 18.1 Å². The van der Waals surface area contributed by atoms with Crippen LogP contribution in [0.1, 0.15) is 12.8 Å². The van der Waals surface area contributed by atoms with E-state index in [0.29, 0.717) is 0 Å². The molecular formula is C10H16N4O5S2. The Morgan fingerprint density at radius 2 is 2.29 bits per heavy atom. The fourth-order valence-electron chi connectivity index (χ4n) is 1.88. The molecule has 118 valence electrons. The van der Waals surface area contributed by atoms with Gasteiger partial charge in [-0.2, -0.15) is 4.31 Å². The molecule has 1 aliphatic rings. The van der Waals surface area contributed by atoms with Crippen molar-refractivity contribution in [3.8, 4) is 0 Å². The average molecular weight is 336 g/mol. The second-order valence-corrected chi connectivity index (χ2v) is 7.69. The molecule has 0 amide bonds. The zero-order valence-electron chi connectivity index (χ0n) is 11.3. The van der Waals surface area contributed by atoms with E-state index in [1.54, 1.807) is 0 Å². The smallest absolute Gasteiger partial charge is 0.306 e. The number of rotatable bonds is 8. The van der Waals surface area contributed by atoms with E-state index in [0.717, 1.165) is 30.2 Å². The number of thiophene rings is 1. The summed E-state index contributed by atoms with van der Waals surface area (Å²) in [6.45, 7) is 0.492. The SMILES string of the molecule is COCCN(C1CC1)S(=O)(=O)c1cc([N+](=O)[O-])c(NN)s1. The minimum Gasteiger partial charge on any atom is -0.383 e. The fraction of sp³-hybridized carbons (Fsp3) is 0.600. The number of methoxy groups -OCH3 is 1. The third-order valence-corrected chi connectivity index (χ3v) is 6.51. The molecule has 11 heteroatoms. The molecule has 9 nitrogen and oxygen atoms in total. The van der Waals surface area contributed by atoms with Gasteiger partial charge in [-0.3, -0.25) is 10.1 Å². The minimum absolute atomic E-state index is 0.0149. The highest BCUT2D eigenvalue weighted by Crippen LogP contribution is 2.40. The van der Waals surface area contributed by atoms with Crippen molar-refractivity contribution in [2.75, 3.05) is 25.7 Å². The van der Waals surface area contributed by atoms with Crippen LogP contribution >= 0.6 is 11.3 Å². The Morgan fingerprint density at radius 1 is 1.62 bits per heavy atom. The maximum Gasteiger partial charge on any atom is 0.306 e. The van der Waals surface area contributed by atoms with Crippen LogP contribution in [0.2, 0.25) is 0 Å². The van der Waals surface area contributed by atoms with Crippen molar-refractivity contribution in [2.24, 2.45) is 5.84 Å². The van der Waals surface area contributed by atoms with Crippen molar-refractivity contribution in [3.63, 3.8) is 0 Å². The Morgan fingerprint density at radius 3 is 2.71 bits per heavy atom. The van der Waals surface area contributed by atoms with Gasteiger partial charge >= 0.3 is 5.69 Å². The van der Waals surface area contributed by atoms with Gasteiger partial charge < -0.3 is 10.2 Å². The van der Waals surface area contributed by atoms with Crippen molar-refractivity contribution in [2.45, 2.75) is 23.1 Å². The first-order valence-electron chi connectivity index (χ1n) is 6.17. The summed E-state index contributed by atoms with van der Waals surface area (Å²) in [5.74, 6) is 5.20. The van der Waals surface area contributed by atoms with Crippen molar-refractivity contribution >= 4 is 32.0 Å². The molecule has 1 fully saturated rings. The minimum atomic E-state index is -3.78. The summed E-state index contributed by atoms with van der Waals surface area (Å²) < 4.78 is 31.4. The third kappa shape index (κ3) is 3.32. The predicted molar refractivity (Wildman–Crippen MR) is 77.6 cm³/mol. The van der Waals surface area contributed by atoms with E-state index >= 15 is 0 Å². The van der Waals surface area contributed by atoms with Gasteiger partial charge in [0.1, 0.15) is 4.21 Å². The first-order chi connectivity index (χ1) is 9.91. The molecule has 1 aromatic rings. The molecule has 0 spiro atoms. The van der Waals surface area contributed by atoms with Crippen LogP contribution in [0, 0.1) is 10.1 Å². The van der Waals surface area contributed by atoms with E-state index in [4.69, 9.17) is 10.6 Å². The normalized spacial score (nSPS) is 15.4. The Balaban J connectivity index is 2.35. The molecule has 0 aromatic carbocycles. The molecule has 0 bridgehead atoms. The van der Waals surface area contributed by atoms with E-state index in [-0.39, 0.29) is 34.1 Å². The number of hydrogen-bond donors (Lipinski definition) is 2. The summed E-state index contributed by atoms with van der Waals surface area (Å²) in [6, 6.07) is 0.984. The molecule has 0 aliphatic heterocycles. The monoisotopic (exact) mass is 336 g/mol. The lowest BCUT2D eigenvalue weighted by Gasteiger charge is -2.20. The van der Waals surface area contributed by atoms with Gasteiger partial charge in [-0.1, -0.05) is 11.3 Å². The second kappa shape index (κ2) is 6.23. The maximum atomic E-state index is 12.6. The zero-order chi connectivity index (χ0) is 15.6. The summed E-state index contributed by atoms with van der Waals surface area (Å²) in [4.78, 5) is 10.2. The summed E-state index contributed by atoms with van der Waals surface area (Å²) in [5.41, 5.74) is 1.82. The largest absolute Gasteiger partial charge is 0.383 e. The Labute approximate surface area is 125 Å². The molecule has 1 heterocycles. The van der Waals surface area contributed by atoms with Crippen LogP contribution < -0.4 is 11.3 Å². The van der Waals surface area contributed by atoms with Gasteiger partial charge in [-0.05, 0) is 12.8 Å². The highest BCUT2D eigenvalue weighted by atomic mass is 32.2. The summed E-state index contributed by atoms with van der Waals surface area (Å²) in [6.07, 6.45) is 1.58. The summed E-state index contributed by atoms with van der Waals surface area (Å²) in [7, 11) is -2.29. The van der Waals surface area contributed by atoms with E-state index in [9.17, 15) is 18.5 Å². The van der Waals surface area contributed by atoms with Gasteiger partial charge in [0.25, 0.3) is 10.0 Å². The molecule has 0 radical (unpaired) electrons. The Kier molecular flexibility index (Phi) is 4.78. The molecule has 1 aliphatic carbocycles. The van der Waals surface area contributed by atoms with E-state index in [1.165, 1.54) is 11.4 Å². The molecule has 1 aromatic heterocycles. The standard InChI is InChI=1S/C10H16N4O5S2/c1-19-5-4-13(7-2-3-7)21(17,18)9-6-8(14(15)16)10(12-11)20-9/h6-7,12H,2-5,11H2,1H3. The van der Waals surface area contributed by atoms with E-state index in [1.807, 2.05) is 0 Å². The molecular weight excluding hydrogens is 320 g/mol. The zero-order valence-corrected chi connectivity index (χ0v) is 12.9. The van der Waals surface area contributed by atoms with Crippen LogP contribution in [0.5, 0.6) is 0 Å². The Hall–Kier alpha value is -1.27. The summed E-state index contributed by atoms with van der Waals surface area (Å²) >= 11 is 0.754. The van der Waals surface area contributed by atoms with E-state index < -0.39 is 14.9 Å². The quantitative estimate of drug-likeness (QED) is 0.407. The first kappa shape index (κ1) is 16.1. The molecule has 21 heavy (non-hydrogen) atoms. The molecule has 0 unspecified atom stereocenters. The maximum absolute atomic E-state index is 12.6. The number of sulfonamides is 1. The highest BCUT2D eigenvalue weighted by Gasteiger charge is 2.39. The third-order valence-electron chi connectivity index (χ3n) is 3.05. The molecule has 2 rings (SSSR count). The molecule has 1 saturated carbocycles. The Bertz CT molecular complexity index is 625. The predicted octanol–water partition coefficient (Wildman–Crippen LogP) is 0.741. The van der Waals surface area contributed by atoms with Crippen LogP contribution in [0.25, 0.3) is 0 Å². The van der Waals surface area contributed by atoms with Gasteiger partial charge in [-0.25, -0.2) is 14.3 Å². The number of hydrazine groups is 1. The number of hydrogen-bond acceptors (Lipinski definition) is 8. The van der Waals surface area contributed by atoms with Gasteiger partial charge in [0.15, 0.2) is 5.00 Å². The van der Waals surface area contributed by atoms with Gasteiger partial charge in [0.2, 0.25) is 0 Å². The lowest BCUT2D eigenvalue weighted by atomic mass is 10.5. The fourth-order valence-corrected chi connectivity index (χ4v) is 4.92.